The van der Waals surface area contributed by atoms with Crippen molar-refractivity contribution in [2.24, 2.45) is 0 Å². The van der Waals surface area contributed by atoms with Crippen molar-refractivity contribution >= 4 is 33.2 Å². The quantitative estimate of drug-likeness (QED) is 0.854. The van der Waals surface area contributed by atoms with Gasteiger partial charge >= 0.3 is 0 Å². The summed E-state index contributed by atoms with van der Waals surface area (Å²) < 4.78 is 24.2. The van der Waals surface area contributed by atoms with E-state index < -0.39 is 10.0 Å². The molecule has 0 heterocycles. The lowest BCUT2D eigenvalue weighted by molar-refractivity contribution is 0.0954. The normalized spacial score (nSPS) is 11.1. The first kappa shape index (κ1) is 18.3. The van der Waals surface area contributed by atoms with Crippen LogP contribution in [0, 0.1) is 0 Å². The Morgan fingerprint density at radius 1 is 1.17 bits per heavy atom. The fourth-order valence-electron chi connectivity index (χ4n) is 2.14. The van der Waals surface area contributed by atoms with E-state index in [2.05, 4.69) is 5.32 Å². The summed E-state index contributed by atoms with van der Waals surface area (Å²) in [6.07, 6.45) is 1.82. The fourth-order valence-corrected chi connectivity index (χ4v) is 2.89. The van der Waals surface area contributed by atoms with Gasteiger partial charge in [0.2, 0.25) is 10.0 Å². The Bertz CT molecular complexity index is 823. The van der Waals surface area contributed by atoms with Crippen LogP contribution in [0.3, 0.4) is 0 Å². The van der Waals surface area contributed by atoms with E-state index in [0.29, 0.717) is 17.8 Å². The molecule has 0 aliphatic rings. The van der Waals surface area contributed by atoms with Crippen molar-refractivity contribution in [3.8, 4) is 0 Å². The summed E-state index contributed by atoms with van der Waals surface area (Å²) in [6, 6.07) is 14.4. The lowest BCUT2D eigenvalue weighted by atomic mass is 10.1. The molecule has 0 saturated carbocycles. The number of sulfonamides is 1. The van der Waals surface area contributed by atoms with Crippen molar-refractivity contribution in [1.29, 1.82) is 0 Å². The van der Waals surface area contributed by atoms with Crippen molar-refractivity contribution in [2.75, 3.05) is 24.2 Å². The predicted molar refractivity (Wildman–Crippen MR) is 97.2 cm³/mol. The summed E-state index contributed by atoms with van der Waals surface area (Å²) >= 11 is 6.13. The Morgan fingerprint density at radius 2 is 1.83 bits per heavy atom. The summed E-state index contributed by atoms with van der Waals surface area (Å²) in [5, 5.41) is 3.02. The molecule has 128 valence electrons. The third kappa shape index (κ3) is 4.72. The van der Waals surface area contributed by atoms with Crippen LogP contribution in [0.4, 0.5) is 5.69 Å². The number of nitrogens with one attached hydrogen (secondary N) is 1. The molecule has 2 aromatic rings. The van der Waals surface area contributed by atoms with Crippen LogP contribution >= 0.6 is 11.6 Å². The number of benzene rings is 2. The van der Waals surface area contributed by atoms with Gasteiger partial charge in [0.1, 0.15) is 0 Å². The van der Waals surface area contributed by atoms with Gasteiger partial charge in [0.15, 0.2) is 0 Å². The zero-order chi connectivity index (χ0) is 17.7. The molecule has 0 radical (unpaired) electrons. The number of rotatable bonds is 6. The zero-order valence-electron chi connectivity index (χ0n) is 13.5. The van der Waals surface area contributed by atoms with Crippen molar-refractivity contribution in [1.82, 2.24) is 5.32 Å². The van der Waals surface area contributed by atoms with Gasteiger partial charge in [-0.05, 0) is 30.2 Å². The van der Waals surface area contributed by atoms with Crippen molar-refractivity contribution < 1.29 is 13.2 Å². The first-order valence-corrected chi connectivity index (χ1v) is 9.57. The highest BCUT2D eigenvalue weighted by atomic mass is 35.5. The van der Waals surface area contributed by atoms with Gasteiger partial charge in [-0.3, -0.25) is 9.10 Å². The third-order valence-electron chi connectivity index (χ3n) is 3.60. The summed E-state index contributed by atoms with van der Waals surface area (Å²) in [4.78, 5) is 12.2. The van der Waals surface area contributed by atoms with Crippen molar-refractivity contribution in [3.05, 3.63) is 64.7 Å². The number of carbonyl (C=O) groups is 1. The summed E-state index contributed by atoms with van der Waals surface area (Å²) in [5.74, 6) is -0.288. The van der Waals surface area contributed by atoms with Crippen LogP contribution in [-0.2, 0) is 16.4 Å². The molecule has 7 heteroatoms. The first-order valence-electron chi connectivity index (χ1n) is 7.34. The number of nitrogens with zero attached hydrogens (tertiary/aromatic N) is 1. The van der Waals surface area contributed by atoms with Crippen LogP contribution in [0.1, 0.15) is 15.9 Å². The number of hydrogen-bond donors (Lipinski definition) is 1. The van der Waals surface area contributed by atoms with E-state index in [0.717, 1.165) is 22.5 Å². The molecule has 24 heavy (non-hydrogen) atoms. The van der Waals surface area contributed by atoms with Gasteiger partial charge in [-0.1, -0.05) is 41.9 Å². The second kappa shape index (κ2) is 7.68. The molecule has 1 amide bonds. The molecule has 0 unspecified atom stereocenters. The van der Waals surface area contributed by atoms with Gasteiger partial charge in [0.05, 0.1) is 22.5 Å². The molecule has 5 nitrogen and oxygen atoms in total. The monoisotopic (exact) mass is 366 g/mol. The highest BCUT2D eigenvalue weighted by Gasteiger charge is 2.16. The van der Waals surface area contributed by atoms with E-state index in [1.807, 2.05) is 30.3 Å². The van der Waals surface area contributed by atoms with Gasteiger partial charge in [-0.15, -0.1) is 0 Å². The van der Waals surface area contributed by atoms with Gasteiger partial charge in [0, 0.05) is 13.6 Å². The average molecular weight is 367 g/mol. The molecule has 0 bridgehead atoms. The Balaban J connectivity index is 2.02. The fraction of sp³-hybridized carbons (Fsp3) is 0.235. The first-order chi connectivity index (χ1) is 11.3. The lowest BCUT2D eigenvalue weighted by Crippen LogP contribution is -2.27. The maximum Gasteiger partial charge on any atom is 0.252 e. The molecule has 2 aromatic carbocycles. The third-order valence-corrected chi connectivity index (χ3v) is 5.12. The molecule has 1 N–H and O–H groups in total. The standard InChI is InChI=1S/C17H19ClN2O3S/c1-20(24(2,22)23)14-8-9-15(16(18)12-14)17(21)19-11-10-13-6-4-3-5-7-13/h3-9,12H,10-11H2,1-2H3,(H,19,21). The topological polar surface area (TPSA) is 66.5 Å². The summed E-state index contributed by atoms with van der Waals surface area (Å²) in [7, 11) is -1.95. The van der Waals surface area contributed by atoms with Gasteiger partial charge in [0.25, 0.3) is 5.91 Å². The molecule has 0 spiro atoms. The highest BCUT2D eigenvalue weighted by Crippen LogP contribution is 2.24. The van der Waals surface area contributed by atoms with E-state index in [9.17, 15) is 13.2 Å². The summed E-state index contributed by atoms with van der Waals surface area (Å²) in [5.41, 5.74) is 1.85. The van der Waals surface area contributed by atoms with Crippen LogP contribution in [0.15, 0.2) is 48.5 Å². The molecule has 2 rings (SSSR count). The minimum atomic E-state index is -3.38. The molecule has 0 fully saturated rings. The number of halogens is 1. The molecule has 0 atom stereocenters. The Hall–Kier alpha value is -2.05. The number of amides is 1. The van der Waals surface area contributed by atoms with Gasteiger partial charge in [-0.25, -0.2) is 8.42 Å². The maximum absolute atomic E-state index is 12.2. The van der Waals surface area contributed by atoms with E-state index in [-0.39, 0.29) is 10.9 Å². The van der Waals surface area contributed by atoms with E-state index >= 15 is 0 Å². The second-order valence-electron chi connectivity index (χ2n) is 5.39. The maximum atomic E-state index is 12.2. The molecule has 0 saturated heterocycles. The smallest absolute Gasteiger partial charge is 0.252 e. The van der Waals surface area contributed by atoms with E-state index in [4.69, 9.17) is 11.6 Å². The Labute approximate surface area is 147 Å². The lowest BCUT2D eigenvalue weighted by Gasteiger charge is -2.17. The van der Waals surface area contributed by atoms with Crippen LogP contribution in [0.25, 0.3) is 0 Å². The average Bonchev–Trinajstić information content (AvgIpc) is 2.54. The highest BCUT2D eigenvalue weighted by molar-refractivity contribution is 7.92. The van der Waals surface area contributed by atoms with Crippen molar-refractivity contribution in [2.45, 2.75) is 6.42 Å². The SMILES string of the molecule is CN(c1ccc(C(=O)NCCc2ccccc2)c(Cl)c1)S(C)(=O)=O. The number of carbonyl (C=O) groups excluding carboxylic acids is 1. The van der Waals surface area contributed by atoms with Gasteiger partial charge in [-0.2, -0.15) is 0 Å². The zero-order valence-corrected chi connectivity index (χ0v) is 15.1. The largest absolute Gasteiger partial charge is 0.352 e. The summed E-state index contributed by atoms with van der Waals surface area (Å²) in [6.45, 7) is 0.490. The van der Waals surface area contributed by atoms with Crippen LogP contribution in [0.5, 0.6) is 0 Å². The number of hydrogen-bond acceptors (Lipinski definition) is 3. The molecular weight excluding hydrogens is 348 g/mol. The molecule has 0 aliphatic heterocycles. The van der Waals surface area contributed by atoms with E-state index in [1.165, 1.54) is 19.2 Å². The Morgan fingerprint density at radius 3 is 2.42 bits per heavy atom. The number of anilines is 1. The molecule has 0 aromatic heterocycles. The predicted octanol–water partition coefficient (Wildman–Crippen LogP) is 2.71. The van der Waals surface area contributed by atoms with Crippen molar-refractivity contribution in [3.63, 3.8) is 0 Å². The second-order valence-corrected chi connectivity index (χ2v) is 7.81. The van der Waals surface area contributed by atoms with Crippen LogP contribution in [-0.4, -0.2) is 34.2 Å². The minimum absolute atomic E-state index is 0.209. The van der Waals surface area contributed by atoms with E-state index in [1.54, 1.807) is 6.07 Å². The molecule has 0 aliphatic carbocycles. The Kier molecular flexibility index (Phi) is 5.85. The van der Waals surface area contributed by atoms with Crippen LogP contribution in [0.2, 0.25) is 5.02 Å². The van der Waals surface area contributed by atoms with Crippen LogP contribution < -0.4 is 9.62 Å². The minimum Gasteiger partial charge on any atom is -0.352 e. The molecular formula is C17H19ClN2O3S. The van der Waals surface area contributed by atoms with Gasteiger partial charge < -0.3 is 5.32 Å².